The van der Waals surface area contributed by atoms with Crippen LogP contribution in [-0.4, -0.2) is 25.9 Å². The van der Waals surface area contributed by atoms with E-state index in [1.165, 1.54) is 0 Å². The lowest BCUT2D eigenvalue weighted by Gasteiger charge is -1.93. The number of hydrogen-bond acceptors (Lipinski definition) is 4. The van der Waals surface area contributed by atoms with Crippen LogP contribution < -0.4 is 0 Å². The van der Waals surface area contributed by atoms with Gasteiger partial charge < -0.3 is 5.11 Å². The standard InChI is InChI=1S/C3H7ClO4S/c4-8-9(6,7)3-1-2-5/h5H,1-3H2. The van der Waals surface area contributed by atoms with Gasteiger partial charge in [-0.3, -0.25) is 0 Å². The van der Waals surface area contributed by atoms with E-state index in [9.17, 15) is 8.42 Å². The Hall–Kier alpha value is 0.160. The van der Waals surface area contributed by atoms with Crippen LogP contribution in [0.25, 0.3) is 0 Å². The summed E-state index contributed by atoms with van der Waals surface area (Å²) in [5.74, 6) is -0.243. The lowest BCUT2D eigenvalue weighted by atomic mass is 10.5. The highest BCUT2D eigenvalue weighted by Gasteiger charge is 2.07. The van der Waals surface area contributed by atoms with Gasteiger partial charge in [-0.05, 0) is 6.42 Å². The zero-order valence-electron chi connectivity index (χ0n) is 4.58. The zero-order valence-corrected chi connectivity index (χ0v) is 6.15. The SMILES string of the molecule is O=S(=O)(CCCO)OCl. The van der Waals surface area contributed by atoms with E-state index in [1.54, 1.807) is 0 Å². The third-order valence-electron chi connectivity index (χ3n) is 0.648. The molecule has 56 valence electrons. The minimum atomic E-state index is -3.58. The van der Waals surface area contributed by atoms with E-state index in [-0.39, 0.29) is 18.8 Å². The monoisotopic (exact) mass is 174 g/mol. The van der Waals surface area contributed by atoms with E-state index in [1.807, 2.05) is 0 Å². The van der Waals surface area contributed by atoms with Gasteiger partial charge in [-0.2, -0.15) is 12.2 Å². The van der Waals surface area contributed by atoms with E-state index in [2.05, 4.69) is 15.6 Å². The normalized spacial score (nSPS) is 11.8. The number of halogens is 1. The summed E-state index contributed by atoms with van der Waals surface area (Å²) < 4.78 is 24.2. The molecule has 0 saturated carbocycles. The molecule has 0 radical (unpaired) electrons. The van der Waals surface area contributed by atoms with Crippen molar-refractivity contribution < 1.29 is 17.3 Å². The maximum absolute atomic E-state index is 10.3. The van der Waals surface area contributed by atoms with Crippen LogP contribution in [0.5, 0.6) is 0 Å². The summed E-state index contributed by atoms with van der Waals surface area (Å²) in [4.78, 5) is 0. The van der Waals surface area contributed by atoms with Gasteiger partial charge in [0.25, 0.3) is 10.1 Å². The van der Waals surface area contributed by atoms with Crippen LogP contribution in [0, 0.1) is 0 Å². The number of aliphatic hydroxyl groups is 1. The Balaban J connectivity index is 3.61. The van der Waals surface area contributed by atoms with Gasteiger partial charge in [0, 0.05) is 6.61 Å². The quantitative estimate of drug-likeness (QED) is 0.645. The fourth-order valence-electron chi connectivity index (χ4n) is 0.273. The molecule has 0 aromatic heterocycles. The first-order valence-corrected chi connectivity index (χ1v) is 4.15. The van der Waals surface area contributed by atoms with Gasteiger partial charge in [0.1, 0.15) is 0 Å². The van der Waals surface area contributed by atoms with Gasteiger partial charge in [-0.15, -0.1) is 0 Å². The zero-order chi connectivity index (χ0) is 7.33. The molecule has 0 aromatic rings. The van der Waals surface area contributed by atoms with Crippen LogP contribution in [0.15, 0.2) is 0 Å². The van der Waals surface area contributed by atoms with Crippen LogP contribution in [0.3, 0.4) is 0 Å². The average molecular weight is 175 g/mol. The molecule has 0 saturated heterocycles. The lowest BCUT2D eigenvalue weighted by molar-refractivity contribution is 0.294. The van der Waals surface area contributed by atoms with Gasteiger partial charge in [-0.25, -0.2) is 0 Å². The predicted octanol–water partition coefficient (Wildman–Crippen LogP) is -0.131. The Morgan fingerprint density at radius 1 is 1.56 bits per heavy atom. The third-order valence-corrected chi connectivity index (χ3v) is 2.20. The fraction of sp³-hybridized carbons (Fsp3) is 1.00. The Morgan fingerprint density at radius 3 is 2.44 bits per heavy atom. The van der Waals surface area contributed by atoms with Gasteiger partial charge in [0.2, 0.25) is 0 Å². The molecular weight excluding hydrogens is 168 g/mol. The van der Waals surface area contributed by atoms with Crippen molar-refractivity contribution in [2.75, 3.05) is 12.4 Å². The van der Waals surface area contributed by atoms with Crippen molar-refractivity contribution in [3.05, 3.63) is 0 Å². The molecule has 0 atom stereocenters. The molecule has 0 amide bonds. The second-order valence-corrected chi connectivity index (χ2v) is 3.43. The Bertz CT molecular complexity index is 151. The van der Waals surface area contributed by atoms with Crippen LogP contribution in [-0.2, 0) is 13.9 Å². The van der Waals surface area contributed by atoms with Crippen molar-refractivity contribution in [1.82, 2.24) is 0 Å². The lowest BCUT2D eigenvalue weighted by Crippen LogP contribution is -2.06. The van der Waals surface area contributed by atoms with Gasteiger partial charge in [0.05, 0.1) is 17.6 Å². The smallest absolute Gasteiger partial charge is 0.283 e. The van der Waals surface area contributed by atoms with Crippen molar-refractivity contribution in [2.45, 2.75) is 6.42 Å². The van der Waals surface area contributed by atoms with Crippen molar-refractivity contribution in [3.8, 4) is 0 Å². The molecule has 9 heavy (non-hydrogen) atoms. The van der Waals surface area contributed by atoms with Crippen LogP contribution in [0.2, 0.25) is 0 Å². The maximum atomic E-state index is 10.3. The third kappa shape index (κ3) is 4.65. The minimum Gasteiger partial charge on any atom is -0.396 e. The van der Waals surface area contributed by atoms with Gasteiger partial charge >= 0.3 is 0 Å². The largest absolute Gasteiger partial charge is 0.396 e. The number of aliphatic hydroxyl groups excluding tert-OH is 1. The van der Waals surface area contributed by atoms with Crippen molar-refractivity contribution in [1.29, 1.82) is 0 Å². The van der Waals surface area contributed by atoms with Gasteiger partial charge in [0.15, 0.2) is 0 Å². The van der Waals surface area contributed by atoms with E-state index in [0.29, 0.717) is 0 Å². The highest BCUT2D eigenvalue weighted by molar-refractivity contribution is 7.87. The summed E-state index contributed by atoms with van der Waals surface area (Å²) in [6.45, 7) is -0.181. The van der Waals surface area contributed by atoms with Crippen molar-refractivity contribution in [2.24, 2.45) is 0 Å². The fourth-order valence-corrected chi connectivity index (χ4v) is 1.01. The number of rotatable bonds is 4. The molecule has 0 unspecified atom stereocenters. The maximum Gasteiger partial charge on any atom is 0.283 e. The first kappa shape index (κ1) is 9.16. The minimum absolute atomic E-state index is 0.148. The van der Waals surface area contributed by atoms with E-state index >= 15 is 0 Å². The molecule has 0 spiro atoms. The summed E-state index contributed by atoms with van der Waals surface area (Å²) in [5, 5.41) is 8.16. The summed E-state index contributed by atoms with van der Waals surface area (Å²) >= 11 is 4.56. The summed E-state index contributed by atoms with van der Waals surface area (Å²) in [7, 11) is -3.58. The van der Waals surface area contributed by atoms with Crippen molar-refractivity contribution in [3.63, 3.8) is 0 Å². The van der Waals surface area contributed by atoms with E-state index in [4.69, 9.17) is 5.11 Å². The molecule has 0 fully saturated rings. The second kappa shape index (κ2) is 4.05. The van der Waals surface area contributed by atoms with E-state index < -0.39 is 10.1 Å². The predicted molar refractivity (Wildman–Crippen MR) is 32.4 cm³/mol. The molecule has 0 heterocycles. The molecule has 0 bridgehead atoms. The summed E-state index contributed by atoms with van der Waals surface area (Å²) in [6, 6.07) is 0. The Labute approximate surface area is 58.7 Å². The topological polar surface area (TPSA) is 63.6 Å². The first-order chi connectivity index (χ1) is 4.12. The molecular formula is C3H7ClO4S. The van der Waals surface area contributed by atoms with Crippen LogP contribution in [0.4, 0.5) is 0 Å². The molecule has 0 aliphatic carbocycles. The summed E-state index contributed by atoms with van der Waals surface area (Å²) in [6.07, 6.45) is 0.148. The van der Waals surface area contributed by atoms with Gasteiger partial charge in [-0.1, -0.05) is 0 Å². The van der Waals surface area contributed by atoms with Crippen LogP contribution >= 0.6 is 11.9 Å². The molecule has 0 aliphatic heterocycles. The molecule has 1 N–H and O–H groups in total. The van der Waals surface area contributed by atoms with Crippen LogP contribution in [0.1, 0.15) is 6.42 Å². The molecule has 0 rings (SSSR count). The van der Waals surface area contributed by atoms with E-state index in [0.717, 1.165) is 0 Å². The average Bonchev–Trinajstić information content (AvgIpc) is 1.84. The molecule has 0 aliphatic rings. The Kier molecular flexibility index (Phi) is 4.12. The second-order valence-electron chi connectivity index (χ2n) is 1.40. The first-order valence-electron chi connectivity index (χ1n) is 2.26. The molecule has 4 nitrogen and oxygen atoms in total. The summed E-state index contributed by atoms with van der Waals surface area (Å²) in [5.41, 5.74) is 0. The van der Waals surface area contributed by atoms with Crippen molar-refractivity contribution >= 4 is 22.0 Å². The Morgan fingerprint density at radius 2 is 2.11 bits per heavy atom. The highest BCUT2D eigenvalue weighted by atomic mass is 35.5. The molecule has 6 heteroatoms. The highest BCUT2D eigenvalue weighted by Crippen LogP contribution is 1.97. The number of hydrogen-bond donors (Lipinski definition) is 1. The molecule has 0 aromatic carbocycles.